The lowest BCUT2D eigenvalue weighted by molar-refractivity contribution is -0.125. The summed E-state index contributed by atoms with van der Waals surface area (Å²) in [6.45, 7) is 6.75. The molecule has 4 saturated carbocycles. The minimum Gasteiger partial charge on any atom is -0.329 e. The lowest BCUT2D eigenvalue weighted by atomic mass is 9.48. The van der Waals surface area contributed by atoms with Crippen LogP contribution < -0.4 is 5.73 Å². The van der Waals surface area contributed by atoms with Gasteiger partial charge in [0, 0.05) is 18.6 Å². The fourth-order valence-corrected chi connectivity index (χ4v) is 5.83. The van der Waals surface area contributed by atoms with Gasteiger partial charge in [-0.1, -0.05) is 13.8 Å². The van der Waals surface area contributed by atoms with Gasteiger partial charge < -0.3 is 5.73 Å². The normalized spacial score (nSPS) is 46.3. The van der Waals surface area contributed by atoms with Crippen molar-refractivity contribution in [3.8, 4) is 0 Å². The van der Waals surface area contributed by atoms with Crippen LogP contribution in [-0.2, 0) is 0 Å². The van der Waals surface area contributed by atoms with Crippen LogP contribution in [0.3, 0.4) is 0 Å². The van der Waals surface area contributed by atoms with Crippen LogP contribution in [0.2, 0.25) is 0 Å². The minimum absolute atomic E-state index is 0.345. The van der Waals surface area contributed by atoms with Crippen LogP contribution in [0, 0.1) is 29.6 Å². The van der Waals surface area contributed by atoms with Gasteiger partial charge in [0.1, 0.15) is 0 Å². The van der Waals surface area contributed by atoms with Gasteiger partial charge in [0.25, 0.3) is 0 Å². The number of hydrogen-bond acceptors (Lipinski definition) is 2. The third kappa shape index (κ3) is 1.76. The van der Waals surface area contributed by atoms with Crippen LogP contribution in [0.1, 0.15) is 46.0 Å². The Morgan fingerprint density at radius 3 is 1.94 bits per heavy atom. The summed E-state index contributed by atoms with van der Waals surface area (Å²) < 4.78 is 0. The number of nitrogens with zero attached hydrogens (tertiary/aromatic N) is 1. The average molecular weight is 250 g/mol. The predicted octanol–water partition coefficient (Wildman–Crippen LogP) is 2.73. The van der Waals surface area contributed by atoms with Gasteiger partial charge in [0.05, 0.1) is 0 Å². The second-order valence-corrected chi connectivity index (χ2v) is 7.77. The van der Waals surface area contributed by atoms with E-state index in [1.807, 2.05) is 0 Å². The van der Waals surface area contributed by atoms with E-state index in [2.05, 4.69) is 25.8 Å². The van der Waals surface area contributed by atoms with Gasteiger partial charge in [0.2, 0.25) is 0 Å². The van der Waals surface area contributed by atoms with E-state index >= 15 is 0 Å². The number of nitrogens with two attached hydrogens (primary N) is 1. The standard InChI is InChI=1S/C16H30N2/c1-11(2)9-18(3)16(10-17)14-5-12-4-13(7-14)8-15(16)6-12/h11-15H,4-10,17H2,1-3H3. The van der Waals surface area contributed by atoms with Gasteiger partial charge >= 0.3 is 0 Å². The van der Waals surface area contributed by atoms with Crippen molar-refractivity contribution in [2.75, 3.05) is 20.1 Å². The molecule has 4 aliphatic carbocycles. The first-order chi connectivity index (χ1) is 8.56. The molecule has 0 amide bonds. The summed E-state index contributed by atoms with van der Waals surface area (Å²) >= 11 is 0. The van der Waals surface area contributed by atoms with Gasteiger partial charge in [-0.05, 0) is 68.7 Å². The Balaban J connectivity index is 1.86. The van der Waals surface area contributed by atoms with Crippen molar-refractivity contribution in [2.45, 2.75) is 51.5 Å². The highest BCUT2D eigenvalue weighted by Gasteiger charge is 2.58. The van der Waals surface area contributed by atoms with Gasteiger partial charge in [-0.2, -0.15) is 0 Å². The molecule has 2 nitrogen and oxygen atoms in total. The molecule has 104 valence electrons. The molecule has 0 aliphatic heterocycles. The van der Waals surface area contributed by atoms with Crippen molar-refractivity contribution >= 4 is 0 Å². The van der Waals surface area contributed by atoms with Crippen molar-refractivity contribution in [3.05, 3.63) is 0 Å². The topological polar surface area (TPSA) is 29.3 Å². The first-order valence-corrected chi connectivity index (χ1v) is 7.97. The molecule has 2 heteroatoms. The molecule has 0 saturated heterocycles. The summed E-state index contributed by atoms with van der Waals surface area (Å²) in [5, 5.41) is 0. The highest BCUT2D eigenvalue weighted by molar-refractivity contribution is 5.12. The minimum atomic E-state index is 0.345. The molecule has 4 aliphatic rings. The molecule has 4 fully saturated rings. The van der Waals surface area contributed by atoms with Gasteiger partial charge in [0.15, 0.2) is 0 Å². The smallest absolute Gasteiger partial charge is 0.0385 e. The molecule has 2 N–H and O–H groups in total. The largest absolute Gasteiger partial charge is 0.329 e. The van der Waals surface area contributed by atoms with Gasteiger partial charge in [-0.3, -0.25) is 4.90 Å². The zero-order valence-electron chi connectivity index (χ0n) is 12.4. The van der Waals surface area contributed by atoms with E-state index in [9.17, 15) is 0 Å². The maximum absolute atomic E-state index is 6.32. The van der Waals surface area contributed by atoms with E-state index in [1.54, 1.807) is 0 Å². The molecule has 18 heavy (non-hydrogen) atoms. The summed E-state index contributed by atoms with van der Waals surface area (Å²) in [5.41, 5.74) is 6.67. The molecule has 4 rings (SSSR count). The Kier molecular flexibility index (Phi) is 3.22. The monoisotopic (exact) mass is 250 g/mol. The van der Waals surface area contributed by atoms with Crippen molar-refractivity contribution in [3.63, 3.8) is 0 Å². The molecule has 0 aromatic rings. The Bertz CT molecular complexity index is 282. The number of rotatable bonds is 4. The second kappa shape index (κ2) is 4.49. The molecule has 0 unspecified atom stereocenters. The molecular weight excluding hydrogens is 220 g/mol. The molecule has 0 radical (unpaired) electrons. The Morgan fingerprint density at radius 2 is 1.56 bits per heavy atom. The fourth-order valence-electron chi connectivity index (χ4n) is 5.83. The van der Waals surface area contributed by atoms with Gasteiger partial charge in [-0.25, -0.2) is 0 Å². The lowest BCUT2D eigenvalue weighted by Crippen LogP contribution is -2.68. The molecule has 0 atom stereocenters. The number of likely N-dealkylation sites (N-methyl/N-ethyl adjacent to an activating group) is 1. The third-order valence-corrected chi connectivity index (χ3v) is 6.23. The van der Waals surface area contributed by atoms with Gasteiger partial charge in [-0.15, -0.1) is 0 Å². The van der Waals surface area contributed by atoms with E-state index in [-0.39, 0.29) is 0 Å². The van der Waals surface area contributed by atoms with Crippen LogP contribution in [-0.4, -0.2) is 30.6 Å². The summed E-state index contributed by atoms with van der Waals surface area (Å²) in [4.78, 5) is 2.66. The van der Waals surface area contributed by atoms with Crippen LogP contribution in [0.5, 0.6) is 0 Å². The molecule has 0 aromatic carbocycles. The van der Waals surface area contributed by atoms with Crippen molar-refractivity contribution in [1.29, 1.82) is 0 Å². The van der Waals surface area contributed by atoms with Crippen LogP contribution in [0.15, 0.2) is 0 Å². The van der Waals surface area contributed by atoms with E-state index in [0.717, 1.165) is 36.1 Å². The highest BCUT2D eigenvalue weighted by atomic mass is 15.2. The molecule has 0 spiro atoms. The highest BCUT2D eigenvalue weighted by Crippen LogP contribution is 2.59. The first kappa shape index (κ1) is 12.9. The maximum atomic E-state index is 6.32. The summed E-state index contributed by atoms with van der Waals surface area (Å²) in [5.74, 6) is 4.61. The van der Waals surface area contributed by atoms with E-state index in [1.165, 1.54) is 38.6 Å². The Hall–Kier alpha value is -0.0800. The molecule has 0 heterocycles. The van der Waals surface area contributed by atoms with Crippen LogP contribution in [0.4, 0.5) is 0 Å². The maximum Gasteiger partial charge on any atom is 0.0385 e. The predicted molar refractivity (Wildman–Crippen MR) is 76.3 cm³/mol. The van der Waals surface area contributed by atoms with Crippen molar-refractivity contribution in [2.24, 2.45) is 35.3 Å². The summed E-state index contributed by atoms with van der Waals surface area (Å²) in [6.07, 6.45) is 7.39. The zero-order valence-corrected chi connectivity index (χ0v) is 12.4. The van der Waals surface area contributed by atoms with E-state index in [4.69, 9.17) is 5.73 Å². The fraction of sp³-hybridized carbons (Fsp3) is 1.00. The van der Waals surface area contributed by atoms with Crippen molar-refractivity contribution < 1.29 is 0 Å². The lowest BCUT2D eigenvalue weighted by Gasteiger charge is -2.64. The molecular formula is C16H30N2. The second-order valence-electron chi connectivity index (χ2n) is 7.77. The van der Waals surface area contributed by atoms with Crippen LogP contribution in [0.25, 0.3) is 0 Å². The first-order valence-electron chi connectivity index (χ1n) is 7.97. The SMILES string of the molecule is CC(C)CN(C)C1(CN)C2CC3CC(C2)CC1C3. The Labute approximate surface area is 112 Å². The third-order valence-electron chi connectivity index (χ3n) is 6.23. The van der Waals surface area contributed by atoms with E-state index in [0.29, 0.717) is 5.54 Å². The molecule has 0 aromatic heterocycles. The summed E-state index contributed by atoms with van der Waals surface area (Å²) in [6, 6.07) is 0. The number of hydrogen-bond donors (Lipinski definition) is 1. The Morgan fingerprint density at radius 1 is 1.06 bits per heavy atom. The molecule has 4 bridgehead atoms. The summed E-state index contributed by atoms with van der Waals surface area (Å²) in [7, 11) is 2.34. The zero-order chi connectivity index (χ0) is 12.9. The van der Waals surface area contributed by atoms with E-state index < -0.39 is 0 Å². The van der Waals surface area contributed by atoms with Crippen LogP contribution >= 0.6 is 0 Å². The van der Waals surface area contributed by atoms with Crippen molar-refractivity contribution in [1.82, 2.24) is 4.90 Å². The quantitative estimate of drug-likeness (QED) is 0.831. The average Bonchev–Trinajstić information content (AvgIpc) is 2.27.